The van der Waals surface area contributed by atoms with Gasteiger partial charge in [-0.25, -0.2) is 0 Å². The summed E-state index contributed by atoms with van der Waals surface area (Å²) in [5, 5.41) is 2.13. The monoisotopic (exact) mass is 441 g/mol. The minimum absolute atomic E-state index is 0.311. The van der Waals surface area contributed by atoms with Crippen LogP contribution in [0.1, 0.15) is 5.56 Å². The van der Waals surface area contributed by atoms with Crippen LogP contribution >= 0.6 is 45.7 Å². The van der Waals surface area contributed by atoms with Crippen molar-refractivity contribution in [3.05, 3.63) is 61.7 Å². The van der Waals surface area contributed by atoms with Gasteiger partial charge < -0.3 is 4.74 Å². The Morgan fingerprint density at radius 3 is 2.68 bits per heavy atom. The van der Waals surface area contributed by atoms with Gasteiger partial charge in [-0.2, -0.15) is 0 Å². The van der Waals surface area contributed by atoms with E-state index in [0.29, 0.717) is 5.43 Å². The first-order chi connectivity index (χ1) is 10.7. The Labute approximate surface area is 151 Å². The van der Waals surface area contributed by atoms with E-state index in [1.807, 2.05) is 24.3 Å². The summed E-state index contributed by atoms with van der Waals surface area (Å²) in [4.78, 5) is 11.0. The van der Waals surface area contributed by atoms with Crippen molar-refractivity contribution in [3.63, 3.8) is 0 Å². The summed E-state index contributed by atoms with van der Waals surface area (Å²) >= 11 is 5.91. The number of methoxy groups -OCH3 is 1. The average molecular weight is 441 g/mol. The number of hydrogen-bond donors (Lipinski definition) is 0. The molecule has 3 rings (SSSR count). The van der Waals surface area contributed by atoms with Crippen molar-refractivity contribution in [1.29, 1.82) is 0 Å². The number of fused-ring (bicyclic) bond motifs is 1. The van der Waals surface area contributed by atoms with Crippen molar-refractivity contribution in [2.45, 2.75) is 10.6 Å². The average Bonchev–Trinajstić information content (AvgIpc) is 2.54. The third-order valence-electron chi connectivity index (χ3n) is 3.29. The van der Waals surface area contributed by atoms with Gasteiger partial charge in [-0.1, -0.05) is 12.1 Å². The molecule has 0 aromatic heterocycles. The van der Waals surface area contributed by atoms with Gasteiger partial charge in [0.25, 0.3) is 0 Å². The van der Waals surface area contributed by atoms with Crippen LogP contribution in [0.4, 0.5) is 0 Å². The quantitative estimate of drug-likeness (QED) is 0.332. The fourth-order valence-electron chi connectivity index (χ4n) is 2.13. The van der Waals surface area contributed by atoms with Crippen LogP contribution in [0, 0.1) is 2.88 Å². The van der Waals surface area contributed by atoms with Crippen LogP contribution in [0.5, 0.6) is 5.75 Å². The highest BCUT2D eigenvalue weighted by atomic mass is 127. The number of benzene rings is 2. The van der Waals surface area contributed by atoms with Gasteiger partial charge in [0.2, 0.25) is 0 Å². The van der Waals surface area contributed by atoms with E-state index in [1.165, 1.54) is 18.9 Å². The highest BCUT2D eigenvalue weighted by Crippen LogP contribution is 2.39. The maximum atomic E-state index is 9.77. The highest BCUT2D eigenvalue weighted by molar-refractivity contribution is 14.1. The molecule has 2 aliphatic rings. The van der Waals surface area contributed by atoms with Crippen molar-refractivity contribution in [2.75, 3.05) is 7.11 Å². The van der Waals surface area contributed by atoms with Gasteiger partial charge in [-0.05, 0) is 57.3 Å². The van der Waals surface area contributed by atoms with E-state index < -0.39 is 0 Å². The molecule has 0 bridgehead atoms. The summed E-state index contributed by atoms with van der Waals surface area (Å²) in [5.74, 6) is 1.77. The fourth-order valence-corrected chi connectivity index (χ4v) is 5.19. The van der Waals surface area contributed by atoms with Crippen molar-refractivity contribution in [2.24, 2.45) is 0 Å². The van der Waals surface area contributed by atoms with E-state index in [1.54, 1.807) is 36.3 Å². The van der Waals surface area contributed by atoms with Gasteiger partial charge in [0.15, 0.2) is 0 Å². The van der Waals surface area contributed by atoms with E-state index >= 15 is 0 Å². The molecule has 0 atom stereocenters. The molecule has 1 aliphatic carbocycles. The predicted molar refractivity (Wildman–Crippen MR) is 101 cm³/mol. The van der Waals surface area contributed by atoms with Crippen molar-refractivity contribution < 1.29 is 9.53 Å². The zero-order chi connectivity index (χ0) is 15.5. The molecule has 0 amide bonds. The molecule has 0 unspecified atom stereocenters. The molecule has 5 heteroatoms. The van der Waals surface area contributed by atoms with E-state index in [9.17, 15) is 4.79 Å². The first-order valence-electron chi connectivity index (χ1n) is 6.66. The van der Waals surface area contributed by atoms with Gasteiger partial charge >= 0.3 is 5.43 Å². The molecule has 1 aromatic carbocycles. The topological polar surface area (TPSA) is 30.6 Å². The molecule has 1 N–H and O–H groups in total. The Kier molecular flexibility index (Phi) is 5.05. The number of hydrogen-bond acceptors (Lipinski definition) is 3. The van der Waals surface area contributed by atoms with E-state index in [0.717, 1.165) is 17.1 Å². The minimum Gasteiger partial charge on any atom is -0.497 e. The first-order valence-corrected chi connectivity index (χ1v) is 9.60. The van der Waals surface area contributed by atoms with Crippen LogP contribution in [0.15, 0.2) is 52.7 Å². The Hall–Kier alpha value is -1.05. The summed E-state index contributed by atoms with van der Waals surface area (Å²) in [6, 6.07) is 13.7. The van der Waals surface area contributed by atoms with Gasteiger partial charge in [-0.15, -0.1) is 23.1 Å². The van der Waals surface area contributed by atoms with Gasteiger partial charge in [0.05, 0.1) is 16.1 Å². The van der Waals surface area contributed by atoms with Crippen molar-refractivity contribution >= 4 is 45.7 Å². The number of rotatable bonds is 4. The lowest BCUT2D eigenvalue weighted by molar-refractivity contribution is 0.414. The highest BCUT2D eigenvalue weighted by Gasteiger charge is 2.14. The molecule has 1 aromatic rings. The minimum atomic E-state index is 0.311. The third-order valence-corrected chi connectivity index (χ3v) is 7.06. The maximum absolute atomic E-state index is 9.77. The summed E-state index contributed by atoms with van der Waals surface area (Å²) in [5.41, 5.74) is 3.84. The van der Waals surface area contributed by atoms with Gasteiger partial charge in [0, 0.05) is 22.3 Å². The zero-order valence-corrected chi connectivity index (χ0v) is 15.7. The smallest absolute Gasteiger partial charge is 0.340 e. The van der Waals surface area contributed by atoms with Crippen LogP contribution in [-0.4, -0.2) is 11.9 Å². The standard InChI is InChI=1S/C17H13IO2S2/c1-20-14-6-2-11(3-7-14)9-21-16-15-8-13(19)5-4-12(15)10-22-17(16)18/h2-8,10H,9H2,1H3/p+1. The lowest BCUT2D eigenvalue weighted by atomic mass is 10.1. The number of ether oxygens (including phenoxy) is 1. The normalized spacial score (nSPS) is 10.8. The molecule has 112 valence electrons. The SMILES string of the molecule is COc1ccc(CSc2c3cc(=[OH+])ccc-3csc2I)cc1. The van der Waals surface area contributed by atoms with Gasteiger partial charge in [0.1, 0.15) is 5.75 Å². The molecule has 0 saturated carbocycles. The summed E-state index contributed by atoms with van der Waals surface area (Å²) in [6.45, 7) is 0. The lowest BCUT2D eigenvalue weighted by Crippen LogP contribution is -2.01. The predicted octanol–water partition coefficient (Wildman–Crippen LogP) is 4.76. The van der Waals surface area contributed by atoms with E-state index in [2.05, 4.69) is 40.1 Å². The molecule has 0 spiro atoms. The summed E-state index contributed by atoms with van der Waals surface area (Å²) in [7, 11) is 1.68. The van der Waals surface area contributed by atoms with Crippen LogP contribution in [0.3, 0.4) is 0 Å². The summed E-state index contributed by atoms with van der Waals surface area (Å²) in [6.07, 6.45) is 0. The Morgan fingerprint density at radius 1 is 1.18 bits per heavy atom. The molecule has 22 heavy (non-hydrogen) atoms. The second-order valence-corrected chi connectivity index (χ2v) is 8.42. The lowest BCUT2D eigenvalue weighted by Gasteiger charge is -2.12. The van der Waals surface area contributed by atoms with E-state index in [-0.39, 0.29) is 0 Å². The van der Waals surface area contributed by atoms with Crippen LogP contribution < -0.4 is 10.2 Å². The van der Waals surface area contributed by atoms with Crippen LogP contribution in [0.2, 0.25) is 0 Å². The molecule has 0 saturated heterocycles. The van der Waals surface area contributed by atoms with Crippen LogP contribution in [-0.2, 0) is 5.75 Å². The third kappa shape index (κ3) is 3.47. The molecular weight excluding hydrogens is 427 g/mol. The van der Waals surface area contributed by atoms with Crippen molar-refractivity contribution in [3.8, 4) is 16.9 Å². The number of halogens is 1. The Balaban J connectivity index is 1.88. The largest absolute Gasteiger partial charge is 0.497 e. The maximum Gasteiger partial charge on any atom is 0.340 e. The van der Waals surface area contributed by atoms with Crippen molar-refractivity contribution in [1.82, 2.24) is 0 Å². The Morgan fingerprint density at radius 2 is 1.95 bits per heavy atom. The van der Waals surface area contributed by atoms with E-state index in [4.69, 9.17) is 4.74 Å². The molecular formula is C17H14IO2S2+. The molecule has 0 fully saturated rings. The molecule has 2 nitrogen and oxygen atoms in total. The van der Waals surface area contributed by atoms with Crippen LogP contribution in [0.25, 0.3) is 11.1 Å². The molecule has 0 radical (unpaired) electrons. The fraction of sp³-hybridized carbons (Fsp3) is 0.118. The Bertz CT molecular complexity index is 812. The molecule has 1 aliphatic heterocycles. The summed E-state index contributed by atoms with van der Waals surface area (Å²) < 4.78 is 6.43. The number of thioether (sulfide) groups is 1. The van der Waals surface area contributed by atoms with Gasteiger partial charge in [-0.3, -0.25) is 4.79 Å². The zero-order valence-electron chi connectivity index (χ0n) is 11.9. The first kappa shape index (κ1) is 15.8. The molecule has 1 heterocycles. The second kappa shape index (κ2) is 7.02. The second-order valence-electron chi connectivity index (χ2n) is 4.75.